The molecule has 0 amide bonds. The Hall–Kier alpha value is -0.680. The van der Waals surface area contributed by atoms with Gasteiger partial charge in [0.05, 0.1) is 22.4 Å². The quantitative estimate of drug-likeness (QED) is 0.518. The molecule has 4 nitrogen and oxygen atoms in total. The van der Waals surface area contributed by atoms with Crippen LogP contribution in [0.15, 0.2) is 22.3 Å². The molecule has 0 aromatic rings. The van der Waals surface area contributed by atoms with E-state index in [4.69, 9.17) is 0 Å². The van der Waals surface area contributed by atoms with Crippen LogP contribution in [0.3, 0.4) is 0 Å². The SMILES string of the molecule is CC1=C(C)[C@](C)(O)C[C@]1(C)O.CC1=C(C)[C@](C)(O)C[C@]1(C)O. The molecule has 2 aliphatic rings. The van der Waals surface area contributed by atoms with E-state index in [1.165, 1.54) is 0 Å². The average molecular weight is 312 g/mol. The molecule has 4 heteroatoms. The van der Waals surface area contributed by atoms with Crippen molar-refractivity contribution in [1.29, 1.82) is 0 Å². The Bertz CT molecular complexity index is 427. The van der Waals surface area contributed by atoms with Gasteiger partial charge in [0.25, 0.3) is 0 Å². The lowest BCUT2D eigenvalue weighted by Gasteiger charge is -2.22. The van der Waals surface area contributed by atoms with Crippen LogP contribution in [-0.4, -0.2) is 42.8 Å². The number of aliphatic hydroxyl groups is 4. The van der Waals surface area contributed by atoms with Crippen LogP contribution in [0.4, 0.5) is 0 Å². The van der Waals surface area contributed by atoms with Crippen LogP contribution in [-0.2, 0) is 0 Å². The van der Waals surface area contributed by atoms with Crippen molar-refractivity contribution >= 4 is 0 Å². The zero-order valence-electron chi connectivity index (χ0n) is 15.2. The van der Waals surface area contributed by atoms with E-state index in [9.17, 15) is 20.4 Å². The molecule has 0 aromatic heterocycles. The predicted molar refractivity (Wildman–Crippen MR) is 88.5 cm³/mol. The second kappa shape index (κ2) is 5.45. The van der Waals surface area contributed by atoms with Gasteiger partial charge < -0.3 is 20.4 Å². The van der Waals surface area contributed by atoms with Gasteiger partial charge in [0.2, 0.25) is 0 Å². The summed E-state index contributed by atoms with van der Waals surface area (Å²) in [5.41, 5.74) is 0.373. The maximum Gasteiger partial charge on any atom is 0.0860 e. The summed E-state index contributed by atoms with van der Waals surface area (Å²) in [6, 6.07) is 0. The zero-order valence-corrected chi connectivity index (χ0v) is 15.2. The van der Waals surface area contributed by atoms with Gasteiger partial charge in [0, 0.05) is 12.8 Å². The van der Waals surface area contributed by atoms with E-state index in [1.807, 2.05) is 27.7 Å². The molecular weight excluding hydrogens is 280 g/mol. The van der Waals surface area contributed by atoms with Crippen molar-refractivity contribution in [3.05, 3.63) is 22.3 Å². The molecule has 22 heavy (non-hydrogen) atoms. The Morgan fingerprint density at radius 2 is 0.636 bits per heavy atom. The van der Waals surface area contributed by atoms with Crippen LogP contribution in [0, 0.1) is 0 Å². The highest BCUT2D eigenvalue weighted by Gasteiger charge is 2.44. The van der Waals surface area contributed by atoms with Crippen molar-refractivity contribution in [2.45, 2.75) is 90.6 Å². The highest BCUT2D eigenvalue weighted by atomic mass is 16.3. The van der Waals surface area contributed by atoms with E-state index < -0.39 is 22.4 Å². The smallest absolute Gasteiger partial charge is 0.0860 e. The monoisotopic (exact) mass is 312 g/mol. The highest BCUT2D eigenvalue weighted by molar-refractivity contribution is 5.34. The standard InChI is InChI=1S/2C9H16O2/c2*1-6-7(2)9(4,11)5-8(6,3)10/h2*10-11H,5H2,1-4H3/t2*8-,9+. The molecule has 0 heterocycles. The third kappa shape index (κ3) is 3.46. The second-order valence-electron chi connectivity index (χ2n) is 7.95. The first-order chi connectivity index (χ1) is 9.54. The molecule has 128 valence electrons. The van der Waals surface area contributed by atoms with Crippen LogP contribution in [0.2, 0.25) is 0 Å². The summed E-state index contributed by atoms with van der Waals surface area (Å²) in [5, 5.41) is 39.0. The van der Waals surface area contributed by atoms with Gasteiger partial charge in [-0.2, -0.15) is 0 Å². The molecular formula is C18H32O4. The molecule has 4 N–H and O–H groups in total. The normalized spacial score (nSPS) is 45.3. The first kappa shape index (κ1) is 19.4. The number of hydrogen-bond acceptors (Lipinski definition) is 4. The van der Waals surface area contributed by atoms with E-state index in [0.717, 1.165) is 22.3 Å². The predicted octanol–water partition coefficient (Wildman–Crippen LogP) is 2.46. The van der Waals surface area contributed by atoms with Gasteiger partial charge in [-0.3, -0.25) is 0 Å². The molecule has 0 fully saturated rings. The summed E-state index contributed by atoms with van der Waals surface area (Å²) in [6.07, 6.45) is 0.829. The first-order valence-corrected chi connectivity index (χ1v) is 7.81. The highest BCUT2D eigenvalue weighted by Crippen LogP contribution is 2.42. The third-order valence-corrected chi connectivity index (χ3v) is 5.73. The fraction of sp³-hybridized carbons (Fsp3) is 0.778. The van der Waals surface area contributed by atoms with E-state index in [2.05, 4.69) is 0 Å². The zero-order chi connectivity index (χ0) is 17.7. The minimum Gasteiger partial charge on any atom is -0.386 e. The number of rotatable bonds is 0. The lowest BCUT2D eigenvalue weighted by atomic mass is 9.95. The van der Waals surface area contributed by atoms with Gasteiger partial charge in [0.15, 0.2) is 0 Å². The van der Waals surface area contributed by atoms with Crippen molar-refractivity contribution in [2.75, 3.05) is 0 Å². The fourth-order valence-electron chi connectivity index (χ4n) is 3.49. The van der Waals surface area contributed by atoms with Gasteiger partial charge in [-0.25, -0.2) is 0 Å². The Labute approximate surface area is 134 Å². The summed E-state index contributed by atoms with van der Waals surface area (Å²) in [6.45, 7) is 14.5. The van der Waals surface area contributed by atoms with Crippen LogP contribution >= 0.6 is 0 Å². The van der Waals surface area contributed by atoms with Crippen molar-refractivity contribution < 1.29 is 20.4 Å². The second-order valence-corrected chi connectivity index (χ2v) is 7.95. The summed E-state index contributed by atoms with van der Waals surface area (Å²) >= 11 is 0. The maximum atomic E-state index is 9.75. The average Bonchev–Trinajstić information content (AvgIpc) is 2.54. The van der Waals surface area contributed by atoms with Crippen molar-refractivity contribution in [1.82, 2.24) is 0 Å². The molecule has 2 aliphatic carbocycles. The Balaban J connectivity index is 0.000000220. The minimum absolute atomic E-state index is 0.414. The van der Waals surface area contributed by atoms with Crippen LogP contribution in [0.1, 0.15) is 68.2 Å². The third-order valence-electron chi connectivity index (χ3n) is 5.73. The molecule has 0 aliphatic heterocycles. The van der Waals surface area contributed by atoms with Crippen molar-refractivity contribution in [3.8, 4) is 0 Å². The summed E-state index contributed by atoms with van der Waals surface area (Å²) in [4.78, 5) is 0. The van der Waals surface area contributed by atoms with Crippen LogP contribution < -0.4 is 0 Å². The van der Waals surface area contributed by atoms with Gasteiger partial charge in [0.1, 0.15) is 0 Å². The first-order valence-electron chi connectivity index (χ1n) is 7.81. The molecule has 0 saturated carbocycles. The van der Waals surface area contributed by atoms with Gasteiger partial charge in [-0.1, -0.05) is 0 Å². The van der Waals surface area contributed by atoms with E-state index in [-0.39, 0.29) is 0 Å². The van der Waals surface area contributed by atoms with Crippen molar-refractivity contribution in [3.63, 3.8) is 0 Å². The molecule has 0 spiro atoms. The van der Waals surface area contributed by atoms with E-state index in [1.54, 1.807) is 27.7 Å². The minimum atomic E-state index is -0.812. The summed E-state index contributed by atoms with van der Waals surface area (Å²) in [5.74, 6) is 0. The van der Waals surface area contributed by atoms with Crippen LogP contribution in [0.5, 0.6) is 0 Å². The maximum absolute atomic E-state index is 9.75. The van der Waals surface area contributed by atoms with E-state index in [0.29, 0.717) is 12.8 Å². The lowest BCUT2D eigenvalue weighted by molar-refractivity contribution is 0.0192. The topological polar surface area (TPSA) is 80.9 Å². The molecule has 0 bridgehead atoms. The lowest BCUT2D eigenvalue weighted by Crippen LogP contribution is -2.30. The summed E-state index contributed by atoms with van der Waals surface area (Å²) in [7, 11) is 0. The molecule has 2 rings (SSSR count). The largest absolute Gasteiger partial charge is 0.386 e. The van der Waals surface area contributed by atoms with Crippen molar-refractivity contribution in [2.24, 2.45) is 0 Å². The summed E-state index contributed by atoms with van der Waals surface area (Å²) < 4.78 is 0. The van der Waals surface area contributed by atoms with Gasteiger partial charge in [-0.05, 0) is 77.7 Å². The van der Waals surface area contributed by atoms with Gasteiger partial charge in [-0.15, -0.1) is 0 Å². The Morgan fingerprint density at radius 3 is 0.682 bits per heavy atom. The molecule has 4 atom stereocenters. The van der Waals surface area contributed by atoms with Gasteiger partial charge >= 0.3 is 0 Å². The molecule has 0 unspecified atom stereocenters. The van der Waals surface area contributed by atoms with Crippen LogP contribution in [0.25, 0.3) is 0 Å². The molecule has 0 saturated heterocycles. The van der Waals surface area contributed by atoms with E-state index >= 15 is 0 Å². The molecule has 0 aromatic carbocycles. The fourth-order valence-corrected chi connectivity index (χ4v) is 3.49. The number of hydrogen-bond donors (Lipinski definition) is 4. The molecule has 0 radical (unpaired) electrons. The Kier molecular flexibility index (Phi) is 4.79. The Morgan fingerprint density at radius 1 is 0.500 bits per heavy atom.